The molecule has 0 aliphatic carbocycles. The summed E-state index contributed by atoms with van der Waals surface area (Å²) in [5, 5.41) is 12.6. The van der Waals surface area contributed by atoms with Crippen molar-refractivity contribution in [2.75, 3.05) is 17.3 Å². The van der Waals surface area contributed by atoms with E-state index in [1.165, 1.54) is 6.42 Å². The number of rotatable bonds is 6. The summed E-state index contributed by atoms with van der Waals surface area (Å²) in [5.74, 6) is 1.81. The van der Waals surface area contributed by atoms with Crippen LogP contribution in [0.1, 0.15) is 84.0 Å². The number of benzene rings is 2. The lowest BCUT2D eigenvalue weighted by atomic mass is 9.89. The summed E-state index contributed by atoms with van der Waals surface area (Å²) < 4.78 is 0. The van der Waals surface area contributed by atoms with Gasteiger partial charge in [0.2, 0.25) is 5.91 Å². The predicted octanol–water partition coefficient (Wildman–Crippen LogP) is 7.54. The second-order valence-electron chi connectivity index (χ2n) is 9.87. The van der Waals surface area contributed by atoms with Crippen molar-refractivity contribution in [3.63, 3.8) is 0 Å². The van der Waals surface area contributed by atoms with Crippen molar-refractivity contribution in [3.05, 3.63) is 71.3 Å². The Bertz CT molecular complexity index is 1110. The van der Waals surface area contributed by atoms with E-state index in [0.29, 0.717) is 5.56 Å². The van der Waals surface area contributed by atoms with E-state index in [4.69, 9.17) is 5.26 Å². The summed E-state index contributed by atoms with van der Waals surface area (Å²) in [6, 6.07) is 15.9. The molecule has 0 aromatic heterocycles. The topological polar surface area (TPSA) is 68.5 Å². The second kappa shape index (κ2) is 13.6. The van der Waals surface area contributed by atoms with Gasteiger partial charge >= 0.3 is 0 Å². The van der Waals surface area contributed by atoms with E-state index in [1.807, 2.05) is 60.4 Å². The fourth-order valence-electron chi connectivity index (χ4n) is 4.41. The van der Waals surface area contributed by atoms with Gasteiger partial charge in [0.1, 0.15) is 0 Å². The zero-order valence-electron chi connectivity index (χ0n) is 23.2. The van der Waals surface area contributed by atoms with Crippen molar-refractivity contribution in [1.29, 1.82) is 5.26 Å². The maximum absolute atomic E-state index is 12.3. The van der Waals surface area contributed by atoms with Crippen molar-refractivity contribution in [2.24, 2.45) is 16.8 Å². The summed E-state index contributed by atoms with van der Waals surface area (Å²) in [4.78, 5) is 18.6. The van der Waals surface area contributed by atoms with Gasteiger partial charge in [-0.25, -0.2) is 0 Å². The molecule has 0 bridgehead atoms. The van der Waals surface area contributed by atoms with Crippen molar-refractivity contribution >= 4 is 23.0 Å². The van der Waals surface area contributed by atoms with E-state index in [2.05, 4.69) is 57.1 Å². The third-order valence-corrected chi connectivity index (χ3v) is 7.02. The van der Waals surface area contributed by atoms with Gasteiger partial charge in [0.05, 0.1) is 23.4 Å². The molecule has 0 spiro atoms. The molecular formula is C31H42N4O. The number of anilines is 2. The van der Waals surface area contributed by atoms with Gasteiger partial charge in [-0.05, 0) is 80.1 Å². The van der Waals surface area contributed by atoms with E-state index in [0.717, 1.165) is 46.5 Å². The number of aliphatic imine (C=N–C) groups is 1. The molecule has 3 unspecified atom stereocenters. The Morgan fingerprint density at radius 2 is 1.89 bits per heavy atom. The number of allylic oxidation sites excluding steroid dienone is 2. The first-order valence-electron chi connectivity index (χ1n) is 13.0. The Labute approximate surface area is 217 Å². The van der Waals surface area contributed by atoms with Gasteiger partial charge in [0, 0.05) is 37.0 Å². The molecule has 5 heteroatoms. The minimum Gasteiger partial charge on any atom is -0.378 e. The number of hydrogen-bond acceptors (Lipinski definition) is 4. The van der Waals surface area contributed by atoms with Crippen LogP contribution in [-0.2, 0) is 4.79 Å². The highest BCUT2D eigenvalue weighted by Crippen LogP contribution is 2.39. The molecule has 3 atom stereocenters. The normalized spacial score (nSPS) is 18.2. The van der Waals surface area contributed by atoms with Gasteiger partial charge in [-0.15, -0.1) is 0 Å². The van der Waals surface area contributed by atoms with E-state index < -0.39 is 0 Å². The van der Waals surface area contributed by atoms with Crippen LogP contribution in [0.25, 0.3) is 0 Å². The van der Waals surface area contributed by atoms with Crippen molar-refractivity contribution in [3.8, 4) is 6.07 Å². The number of nitrogens with one attached hydrogen (secondary N) is 1. The van der Waals surface area contributed by atoms with Gasteiger partial charge in [-0.3, -0.25) is 9.79 Å². The van der Waals surface area contributed by atoms with E-state index >= 15 is 0 Å². The third-order valence-electron chi connectivity index (χ3n) is 7.02. The standard InChI is InChI=1S/C24H26N4O.C7H16/c1-5-6-22(26-4)19-9-12-24-21(14-19)23(13-16(2)28(24)17(3)29)27-20-10-7-18(15-25)8-11-20;1-5-7(4)6(2)3/h5-12,14,16,23,27H,13H2,1-4H3;6-7H,5H2,1-4H3/b6-5-,26-22?;. The third kappa shape index (κ3) is 7.31. The van der Waals surface area contributed by atoms with E-state index in [1.54, 1.807) is 14.0 Å². The van der Waals surface area contributed by atoms with Gasteiger partial charge in [-0.1, -0.05) is 46.3 Å². The van der Waals surface area contributed by atoms with Gasteiger partial charge < -0.3 is 10.2 Å². The highest BCUT2D eigenvalue weighted by Gasteiger charge is 2.32. The highest BCUT2D eigenvalue weighted by atomic mass is 16.2. The van der Waals surface area contributed by atoms with Crippen LogP contribution in [0.15, 0.2) is 59.6 Å². The lowest BCUT2D eigenvalue weighted by Gasteiger charge is -2.39. The van der Waals surface area contributed by atoms with Crippen molar-refractivity contribution in [1.82, 2.24) is 0 Å². The molecule has 0 fully saturated rings. The Morgan fingerprint density at radius 1 is 1.22 bits per heavy atom. The average molecular weight is 487 g/mol. The zero-order valence-corrected chi connectivity index (χ0v) is 23.2. The van der Waals surface area contributed by atoms with Gasteiger partial charge in [-0.2, -0.15) is 5.26 Å². The fraction of sp³-hybridized carbons (Fsp3) is 0.452. The number of carbonyl (C=O) groups excluding carboxylic acids is 1. The van der Waals surface area contributed by atoms with Crippen LogP contribution in [0.3, 0.4) is 0 Å². The molecule has 0 saturated carbocycles. The number of nitrogens with zero attached hydrogens (tertiary/aromatic N) is 3. The Balaban J connectivity index is 0.000000572. The molecule has 0 radical (unpaired) electrons. The van der Waals surface area contributed by atoms with Gasteiger partial charge in [0.15, 0.2) is 0 Å². The zero-order chi connectivity index (χ0) is 26.8. The highest BCUT2D eigenvalue weighted by molar-refractivity contribution is 6.09. The first-order valence-corrected chi connectivity index (χ1v) is 13.0. The number of carbonyl (C=O) groups is 1. The number of fused-ring (bicyclic) bond motifs is 1. The first-order chi connectivity index (χ1) is 17.2. The summed E-state index contributed by atoms with van der Waals surface area (Å²) in [7, 11) is 1.78. The SMILES string of the molecule is C/C=C\C(=NC)c1ccc2c(c1)C(Nc1ccc(C#N)cc1)CC(C)N2C(C)=O.CCC(C)C(C)C. The number of amides is 1. The molecule has 1 aliphatic heterocycles. The Hall–Kier alpha value is -3.39. The molecule has 1 amide bonds. The lowest BCUT2D eigenvalue weighted by molar-refractivity contribution is -0.117. The second-order valence-corrected chi connectivity index (χ2v) is 9.87. The molecule has 192 valence electrons. The first kappa shape index (κ1) is 28.8. The van der Waals surface area contributed by atoms with Crippen LogP contribution < -0.4 is 10.2 Å². The summed E-state index contributed by atoms with van der Waals surface area (Å²) in [6.45, 7) is 14.7. The summed E-state index contributed by atoms with van der Waals surface area (Å²) >= 11 is 0. The van der Waals surface area contributed by atoms with Crippen LogP contribution in [0.5, 0.6) is 0 Å². The lowest BCUT2D eigenvalue weighted by Crippen LogP contribution is -2.43. The monoisotopic (exact) mass is 486 g/mol. The number of nitriles is 1. The molecule has 5 nitrogen and oxygen atoms in total. The Morgan fingerprint density at radius 3 is 2.36 bits per heavy atom. The van der Waals surface area contributed by atoms with Crippen LogP contribution in [0.4, 0.5) is 11.4 Å². The van der Waals surface area contributed by atoms with Gasteiger partial charge in [0.25, 0.3) is 0 Å². The van der Waals surface area contributed by atoms with E-state index in [-0.39, 0.29) is 18.0 Å². The molecule has 1 aliphatic rings. The minimum absolute atomic E-state index is 0.0427. The quantitative estimate of drug-likeness (QED) is 0.429. The van der Waals surface area contributed by atoms with Crippen LogP contribution >= 0.6 is 0 Å². The molecule has 2 aromatic carbocycles. The molecular weight excluding hydrogens is 444 g/mol. The van der Waals surface area contributed by atoms with Crippen molar-refractivity contribution in [2.45, 2.75) is 73.4 Å². The molecule has 3 rings (SSSR count). The molecule has 36 heavy (non-hydrogen) atoms. The average Bonchev–Trinajstić information content (AvgIpc) is 2.87. The predicted molar refractivity (Wildman–Crippen MR) is 153 cm³/mol. The summed E-state index contributed by atoms with van der Waals surface area (Å²) in [5.41, 5.74) is 5.52. The van der Waals surface area contributed by atoms with Crippen LogP contribution in [0, 0.1) is 23.2 Å². The molecule has 1 N–H and O–H groups in total. The fourth-order valence-corrected chi connectivity index (χ4v) is 4.41. The largest absolute Gasteiger partial charge is 0.378 e. The summed E-state index contributed by atoms with van der Waals surface area (Å²) in [6.07, 6.45) is 6.06. The van der Waals surface area contributed by atoms with Crippen LogP contribution in [0.2, 0.25) is 0 Å². The molecule has 2 aromatic rings. The van der Waals surface area contributed by atoms with Crippen LogP contribution in [-0.4, -0.2) is 24.7 Å². The maximum atomic E-state index is 12.3. The number of hydrogen-bond donors (Lipinski definition) is 1. The minimum atomic E-state index is 0.0427. The van der Waals surface area contributed by atoms with Crippen molar-refractivity contribution < 1.29 is 4.79 Å². The molecule has 0 saturated heterocycles. The maximum Gasteiger partial charge on any atom is 0.224 e. The smallest absolute Gasteiger partial charge is 0.224 e. The Kier molecular flexibility index (Phi) is 10.9. The van der Waals surface area contributed by atoms with E-state index in [9.17, 15) is 4.79 Å². The molecule has 1 heterocycles.